The molecule has 0 fully saturated rings. The molecule has 0 aromatic heterocycles. The monoisotopic (exact) mass is 350 g/mol. The molecule has 0 aliphatic carbocycles. The number of benzene rings is 1. The first kappa shape index (κ1) is 21.6. The maximum atomic E-state index is 11.5. The van der Waals surface area contributed by atoms with Gasteiger partial charge in [-0.05, 0) is 51.7 Å². The lowest BCUT2D eigenvalue weighted by atomic mass is 9.81. The fourth-order valence-electron chi connectivity index (χ4n) is 2.97. The van der Waals surface area contributed by atoms with Gasteiger partial charge in [-0.15, -0.1) is 0 Å². The molecular formula is C18H31BN2O4. The highest BCUT2D eigenvalue weighted by Crippen LogP contribution is 2.20. The van der Waals surface area contributed by atoms with Gasteiger partial charge in [0.05, 0.1) is 0 Å². The first-order valence-electron chi connectivity index (χ1n) is 8.85. The molecule has 1 rings (SSSR count). The Labute approximate surface area is 150 Å². The molecule has 7 heteroatoms. The molecule has 0 aliphatic heterocycles. The second kappa shape index (κ2) is 10.6. The van der Waals surface area contributed by atoms with Crippen LogP contribution in [0.15, 0.2) is 24.3 Å². The summed E-state index contributed by atoms with van der Waals surface area (Å²) in [5.74, 6) is -0.988. The van der Waals surface area contributed by atoms with Gasteiger partial charge in [0.15, 0.2) is 0 Å². The van der Waals surface area contributed by atoms with Gasteiger partial charge >= 0.3 is 13.1 Å². The van der Waals surface area contributed by atoms with Crippen molar-refractivity contribution in [1.82, 2.24) is 4.90 Å². The smallest absolute Gasteiger partial charge is 0.451 e. The molecule has 0 spiro atoms. The summed E-state index contributed by atoms with van der Waals surface area (Å²) in [5, 5.41) is 27.1. The SMILES string of the molecule is Cc1cccc(CN(C)CCCC(N)(CCCCB(O)O)C(=O)O)c1. The van der Waals surface area contributed by atoms with E-state index in [0.29, 0.717) is 32.1 Å². The van der Waals surface area contributed by atoms with Crippen molar-refractivity contribution in [2.24, 2.45) is 5.73 Å². The lowest BCUT2D eigenvalue weighted by molar-refractivity contribution is -0.144. The van der Waals surface area contributed by atoms with Crippen molar-refractivity contribution in [2.45, 2.75) is 57.4 Å². The summed E-state index contributed by atoms with van der Waals surface area (Å²) in [6.45, 7) is 3.66. The second-order valence-corrected chi connectivity index (χ2v) is 7.02. The van der Waals surface area contributed by atoms with Crippen LogP contribution in [0.3, 0.4) is 0 Å². The molecule has 6 nitrogen and oxygen atoms in total. The third kappa shape index (κ3) is 8.49. The Morgan fingerprint density at radius 1 is 1.24 bits per heavy atom. The van der Waals surface area contributed by atoms with Crippen LogP contribution in [0.2, 0.25) is 6.32 Å². The van der Waals surface area contributed by atoms with Crippen molar-refractivity contribution >= 4 is 13.1 Å². The molecule has 0 saturated heterocycles. The van der Waals surface area contributed by atoms with Crippen LogP contribution < -0.4 is 5.73 Å². The first-order chi connectivity index (χ1) is 11.7. The van der Waals surface area contributed by atoms with Crippen molar-refractivity contribution in [1.29, 1.82) is 0 Å². The number of unbranched alkanes of at least 4 members (excludes halogenated alkanes) is 1. The van der Waals surface area contributed by atoms with Crippen LogP contribution in [0.1, 0.15) is 43.2 Å². The number of carboxylic acids is 1. The van der Waals surface area contributed by atoms with E-state index in [2.05, 4.69) is 30.0 Å². The molecule has 0 aliphatic rings. The molecule has 1 atom stereocenters. The lowest BCUT2D eigenvalue weighted by Crippen LogP contribution is -2.48. The molecule has 5 N–H and O–H groups in total. The predicted octanol–water partition coefficient (Wildman–Crippen LogP) is 1.63. The van der Waals surface area contributed by atoms with E-state index >= 15 is 0 Å². The average molecular weight is 350 g/mol. The minimum atomic E-state index is -1.34. The summed E-state index contributed by atoms with van der Waals surface area (Å²) in [5.41, 5.74) is 7.29. The summed E-state index contributed by atoms with van der Waals surface area (Å²) in [4.78, 5) is 13.7. The molecule has 140 valence electrons. The summed E-state index contributed by atoms with van der Waals surface area (Å²) in [6.07, 6.45) is 2.82. The summed E-state index contributed by atoms with van der Waals surface area (Å²) >= 11 is 0. The molecular weight excluding hydrogens is 319 g/mol. The van der Waals surface area contributed by atoms with Gasteiger partial charge in [-0.1, -0.05) is 42.7 Å². The van der Waals surface area contributed by atoms with E-state index in [0.717, 1.165) is 13.1 Å². The third-order valence-electron chi connectivity index (χ3n) is 4.46. The van der Waals surface area contributed by atoms with Gasteiger partial charge in [0.2, 0.25) is 0 Å². The van der Waals surface area contributed by atoms with Gasteiger partial charge in [-0.25, -0.2) is 0 Å². The largest absolute Gasteiger partial charge is 0.480 e. The zero-order chi connectivity index (χ0) is 18.9. The molecule has 0 heterocycles. The Morgan fingerprint density at radius 3 is 2.52 bits per heavy atom. The van der Waals surface area contributed by atoms with Gasteiger partial charge in [0.25, 0.3) is 0 Å². The minimum Gasteiger partial charge on any atom is -0.480 e. The van der Waals surface area contributed by atoms with Crippen LogP contribution >= 0.6 is 0 Å². The van der Waals surface area contributed by atoms with E-state index in [1.54, 1.807) is 0 Å². The Balaban J connectivity index is 2.39. The number of rotatable bonds is 12. The Bertz CT molecular complexity index is 542. The quantitative estimate of drug-likeness (QED) is 0.337. The maximum absolute atomic E-state index is 11.5. The standard InChI is InChI=1S/C18H31BN2O4/c1-15-7-5-8-16(13-15)14-21(2)12-6-10-18(20,17(22)23)9-3-4-11-19(24)25/h5,7-8,13,24-25H,3-4,6,9-12,14,20H2,1-2H3,(H,22,23). The number of aryl methyl sites for hydroxylation is 1. The fourth-order valence-corrected chi connectivity index (χ4v) is 2.97. The van der Waals surface area contributed by atoms with Crippen LogP contribution in [0, 0.1) is 6.92 Å². The minimum absolute atomic E-state index is 0.245. The highest BCUT2D eigenvalue weighted by Gasteiger charge is 2.32. The lowest BCUT2D eigenvalue weighted by Gasteiger charge is -2.26. The zero-order valence-electron chi connectivity index (χ0n) is 15.3. The molecule has 1 unspecified atom stereocenters. The number of nitrogens with zero attached hydrogens (tertiary/aromatic N) is 1. The van der Waals surface area contributed by atoms with E-state index in [1.165, 1.54) is 11.1 Å². The van der Waals surface area contributed by atoms with Crippen LogP contribution in [0.5, 0.6) is 0 Å². The van der Waals surface area contributed by atoms with Crippen molar-refractivity contribution in [3.05, 3.63) is 35.4 Å². The number of hydrogen-bond acceptors (Lipinski definition) is 5. The van der Waals surface area contributed by atoms with E-state index in [9.17, 15) is 9.90 Å². The summed E-state index contributed by atoms with van der Waals surface area (Å²) in [6, 6.07) is 8.34. The van der Waals surface area contributed by atoms with Crippen LogP contribution in [0.4, 0.5) is 0 Å². The Hall–Kier alpha value is -1.41. The van der Waals surface area contributed by atoms with Crippen molar-refractivity contribution < 1.29 is 19.9 Å². The second-order valence-electron chi connectivity index (χ2n) is 7.02. The van der Waals surface area contributed by atoms with E-state index in [1.807, 2.05) is 13.1 Å². The number of aliphatic carboxylic acids is 1. The summed E-state index contributed by atoms with van der Waals surface area (Å²) < 4.78 is 0. The first-order valence-corrected chi connectivity index (χ1v) is 8.85. The molecule has 1 aromatic rings. The van der Waals surface area contributed by atoms with Crippen molar-refractivity contribution in [2.75, 3.05) is 13.6 Å². The predicted molar refractivity (Wildman–Crippen MR) is 100 cm³/mol. The van der Waals surface area contributed by atoms with Gasteiger partial charge in [-0.2, -0.15) is 0 Å². The highest BCUT2D eigenvalue weighted by molar-refractivity contribution is 6.40. The maximum Gasteiger partial charge on any atom is 0.451 e. The number of carboxylic acid groups (broad SMARTS) is 1. The normalized spacial score (nSPS) is 13.7. The third-order valence-corrected chi connectivity index (χ3v) is 4.46. The molecule has 0 amide bonds. The highest BCUT2D eigenvalue weighted by atomic mass is 16.4. The van der Waals surface area contributed by atoms with E-state index in [4.69, 9.17) is 15.8 Å². The van der Waals surface area contributed by atoms with Gasteiger partial charge in [0.1, 0.15) is 5.54 Å². The number of hydrogen-bond donors (Lipinski definition) is 4. The van der Waals surface area contributed by atoms with Crippen LogP contribution in [-0.4, -0.2) is 52.3 Å². The average Bonchev–Trinajstić information content (AvgIpc) is 2.51. The molecule has 0 bridgehead atoms. The fraction of sp³-hybridized carbons (Fsp3) is 0.611. The van der Waals surface area contributed by atoms with E-state index < -0.39 is 18.6 Å². The van der Waals surface area contributed by atoms with Crippen LogP contribution in [0.25, 0.3) is 0 Å². The molecule has 0 radical (unpaired) electrons. The van der Waals surface area contributed by atoms with Crippen molar-refractivity contribution in [3.8, 4) is 0 Å². The number of carbonyl (C=O) groups is 1. The van der Waals surface area contributed by atoms with Gasteiger partial charge < -0.3 is 25.8 Å². The van der Waals surface area contributed by atoms with E-state index in [-0.39, 0.29) is 6.32 Å². The number of nitrogens with two attached hydrogens (primary N) is 1. The van der Waals surface area contributed by atoms with Crippen LogP contribution in [-0.2, 0) is 11.3 Å². The molecule has 1 aromatic carbocycles. The molecule has 25 heavy (non-hydrogen) atoms. The van der Waals surface area contributed by atoms with Gasteiger partial charge in [-0.3, -0.25) is 4.79 Å². The van der Waals surface area contributed by atoms with Crippen molar-refractivity contribution in [3.63, 3.8) is 0 Å². The Morgan fingerprint density at radius 2 is 1.92 bits per heavy atom. The zero-order valence-corrected chi connectivity index (χ0v) is 15.3. The Kier molecular flexibility index (Phi) is 9.14. The topological polar surface area (TPSA) is 107 Å². The summed E-state index contributed by atoms with van der Waals surface area (Å²) in [7, 11) is 0.677. The van der Waals surface area contributed by atoms with Gasteiger partial charge in [0, 0.05) is 6.54 Å². The molecule has 0 saturated carbocycles.